The van der Waals surface area contributed by atoms with Gasteiger partial charge in [0.05, 0.1) is 16.7 Å². The Kier molecular flexibility index (Phi) is 4.78. The molecule has 0 spiro atoms. The van der Waals surface area contributed by atoms with Gasteiger partial charge in [-0.2, -0.15) is 0 Å². The van der Waals surface area contributed by atoms with Crippen LogP contribution in [0.1, 0.15) is 0 Å². The van der Waals surface area contributed by atoms with E-state index in [-0.39, 0.29) is 0 Å². The van der Waals surface area contributed by atoms with Gasteiger partial charge in [0.1, 0.15) is 0 Å². The van der Waals surface area contributed by atoms with Gasteiger partial charge in [-0.15, -0.1) is 0 Å². The van der Waals surface area contributed by atoms with E-state index in [9.17, 15) is 0 Å². The minimum absolute atomic E-state index is 0.723. The summed E-state index contributed by atoms with van der Waals surface area (Å²) in [5.74, 6) is 0.723. The molecule has 0 bridgehead atoms. The Morgan fingerprint density at radius 2 is 1.19 bits per heavy atom. The molecule has 3 heteroatoms. The summed E-state index contributed by atoms with van der Waals surface area (Å²) in [6.45, 7) is 0. The maximum atomic E-state index is 5.07. The van der Waals surface area contributed by atoms with Crippen molar-refractivity contribution in [2.24, 2.45) is 0 Å². The smallest absolute Gasteiger partial charge is 0.160 e. The maximum absolute atomic E-state index is 5.07. The number of hydrogen-bond donors (Lipinski definition) is 0. The number of pyridine rings is 1. The SMILES string of the molecule is c1ccc(-c2nc(-c3cccc(-c4cc5cccnc5c5ccccc45)c3)nc3ccccc23)cc1. The summed E-state index contributed by atoms with van der Waals surface area (Å²) in [5, 5.41) is 4.52. The molecule has 0 amide bonds. The van der Waals surface area contributed by atoms with Crippen molar-refractivity contribution >= 4 is 32.6 Å². The van der Waals surface area contributed by atoms with E-state index in [0.29, 0.717) is 0 Å². The molecule has 3 nitrogen and oxygen atoms in total. The van der Waals surface area contributed by atoms with E-state index >= 15 is 0 Å². The van der Waals surface area contributed by atoms with Gasteiger partial charge in [-0.3, -0.25) is 4.98 Å². The Hall–Kier alpha value is -4.89. The second-order valence-electron chi connectivity index (χ2n) is 8.90. The molecule has 0 fully saturated rings. The molecule has 0 N–H and O–H groups in total. The standard InChI is InChI=1S/C33H21N3/c1-2-10-22(11-3-1)32-28-17-6-7-18-30(28)35-33(36-32)25-13-8-12-23(20-25)29-21-24-14-9-19-34-31(24)27-16-5-4-15-26(27)29/h1-21H. The lowest BCUT2D eigenvalue weighted by atomic mass is 9.94. The van der Waals surface area contributed by atoms with Crippen molar-refractivity contribution < 1.29 is 0 Å². The number of hydrogen-bond acceptors (Lipinski definition) is 3. The summed E-state index contributed by atoms with van der Waals surface area (Å²) >= 11 is 0. The van der Waals surface area contributed by atoms with E-state index in [2.05, 4.69) is 89.9 Å². The number of nitrogens with zero attached hydrogens (tertiary/aromatic N) is 3. The van der Waals surface area contributed by atoms with Crippen molar-refractivity contribution in [2.45, 2.75) is 0 Å². The van der Waals surface area contributed by atoms with Crippen LogP contribution in [-0.2, 0) is 0 Å². The average molecular weight is 460 g/mol. The fraction of sp³-hybridized carbons (Fsp3) is 0. The van der Waals surface area contributed by atoms with E-state index < -0.39 is 0 Å². The highest BCUT2D eigenvalue weighted by Crippen LogP contribution is 2.36. The molecule has 7 rings (SSSR count). The average Bonchev–Trinajstić information content (AvgIpc) is 2.96. The summed E-state index contributed by atoms with van der Waals surface area (Å²) in [5.41, 5.74) is 7.30. The van der Waals surface area contributed by atoms with Crippen molar-refractivity contribution in [1.82, 2.24) is 15.0 Å². The molecule has 0 radical (unpaired) electrons. The molecule has 0 atom stereocenters. The van der Waals surface area contributed by atoms with Gasteiger partial charge in [0.2, 0.25) is 0 Å². The Morgan fingerprint density at radius 3 is 2.08 bits per heavy atom. The van der Waals surface area contributed by atoms with Crippen LogP contribution in [0.5, 0.6) is 0 Å². The monoisotopic (exact) mass is 459 g/mol. The lowest BCUT2D eigenvalue weighted by molar-refractivity contribution is 1.23. The molecule has 168 valence electrons. The predicted molar refractivity (Wildman–Crippen MR) is 149 cm³/mol. The first-order valence-corrected chi connectivity index (χ1v) is 12.0. The lowest BCUT2D eigenvalue weighted by Gasteiger charge is -2.12. The predicted octanol–water partition coefficient (Wildman–Crippen LogP) is 8.33. The molecule has 5 aromatic carbocycles. The highest BCUT2D eigenvalue weighted by molar-refractivity contribution is 6.12. The van der Waals surface area contributed by atoms with E-state index in [1.54, 1.807) is 0 Å². The van der Waals surface area contributed by atoms with Crippen molar-refractivity contribution in [2.75, 3.05) is 0 Å². The van der Waals surface area contributed by atoms with E-state index in [4.69, 9.17) is 9.97 Å². The zero-order chi connectivity index (χ0) is 23.9. The number of para-hydroxylation sites is 1. The Bertz CT molecular complexity index is 1890. The van der Waals surface area contributed by atoms with Gasteiger partial charge in [0, 0.05) is 33.5 Å². The molecule has 2 heterocycles. The summed E-state index contributed by atoms with van der Waals surface area (Å²) in [6.07, 6.45) is 1.86. The number of fused-ring (bicyclic) bond motifs is 4. The minimum Gasteiger partial charge on any atom is -0.256 e. The Morgan fingerprint density at radius 1 is 0.472 bits per heavy atom. The van der Waals surface area contributed by atoms with E-state index in [1.807, 2.05) is 42.6 Å². The van der Waals surface area contributed by atoms with Crippen LogP contribution < -0.4 is 0 Å². The third-order valence-electron chi connectivity index (χ3n) is 6.69. The zero-order valence-corrected chi connectivity index (χ0v) is 19.5. The minimum atomic E-state index is 0.723. The normalized spacial score (nSPS) is 11.3. The van der Waals surface area contributed by atoms with Crippen molar-refractivity contribution in [3.63, 3.8) is 0 Å². The molecule has 0 aliphatic heterocycles. The summed E-state index contributed by atoms with van der Waals surface area (Å²) in [4.78, 5) is 14.7. The number of aromatic nitrogens is 3. The van der Waals surface area contributed by atoms with Crippen molar-refractivity contribution in [3.05, 3.63) is 128 Å². The number of rotatable bonds is 3. The first-order chi connectivity index (χ1) is 17.8. The van der Waals surface area contributed by atoms with Gasteiger partial charge in [0.15, 0.2) is 5.82 Å². The van der Waals surface area contributed by atoms with Crippen LogP contribution in [0.4, 0.5) is 0 Å². The topological polar surface area (TPSA) is 38.7 Å². The zero-order valence-electron chi connectivity index (χ0n) is 19.5. The second-order valence-corrected chi connectivity index (χ2v) is 8.90. The molecule has 0 aliphatic rings. The van der Waals surface area contributed by atoms with Gasteiger partial charge < -0.3 is 0 Å². The van der Waals surface area contributed by atoms with Crippen molar-refractivity contribution in [3.8, 4) is 33.8 Å². The van der Waals surface area contributed by atoms with Gasteiger partial charge in [-0.1, -0.05) is 97.1 Å². The van der Waals surface area contributed by atoms with Gasteiger partial charge >= 0.3 is 0 Å². The van der Waals surface area contributed by atoms with E-state index in [1.165, 1.54) is 10.9 Å². The van der Waals surface area contributed by atoms with Gasteiger partial charge in [0.25, 0.3) is 0 Å². The Labute approximate surface area is 208 Å². The molecular formula is C33H21N3. The fourth-order valence-corrected chi connectivity index (χ4v) is 5.00. The molecule has 0 aliphatic carbocycles. The third-order valence-corrected chi connectivity index (χ3v) is 6.69. The van der Waals surface area contributed by atoms with Crippen molar-refractivity contribution in [1.29, 1.82) is 0 Å². The highest BCUT2D eigenvalue weighted by atomic mass is 14.9. The van der Waals surface area contributed by atoms with Gasteiger partial charge in [-0.05, 0) is 40.8 Å². The fourth-order valence-electron chi connectivity index (χ4n) is 5.00. The first-order valence-electron chi connectivity index (χ1n) is 12.0. The molecule has 0 unspecified atom stereocenters. The molecule has 0 saturated carbocycles. The quantitative estimate of drug-likeness (QED) is 0.249. The molecular weight excluding hydrogens is 438 g/mol. The lowest BCUT2D eigenvalue weighted by Crippen LogP contribution is -1.95. The van der Waals surface area contributed by atoms with Crippen LogP contribution in [0.25, 0.3) is 66.4 Å². The second kappa shape index (κ2) is 8.40. The molecule has 2 aromatic heterocycles. The number of benzene rings is 5. The van der Waals surface area contributed by atoms with Crippen LogP contribution >= 0.6 is 0 Å². The molecule has 0 saturated heterocycles. The van der Waals surface area contributed by atoms with Crippen LogP contribution in [0, 0.1) is 0 Å². The van der Waals surface area contributed by atoms with Crippen LogP contribution in [0.2, 0.25) is 0 Å². The molecule has 36 heavy (non-hydrogen) atoms. The third kappa shape index (κ3) is 3.41. The molecule has 7 aromatic rings. The van der Waals surface area contributed by atoms with Gasteiger partial charge in [-0.25, -0.2) is 9.97 Å². The van der Waals surface area contributed by atoms with Crippen LogP contribution in [0.3, 0.4) is 0 Å². The Balaban J connectivity index is 1.45. The summed E-state index contributed by atoms with van der Waals surface area (Å²) in [6, 6.07) is 41.9. The first kappa shape index (κ1) is 20.5. The maximum Gasteiger partial charge on any atom is 0.160 e. The largest absolute Gasteiger partial charge is 0.256 e. The summed E-state index contributed by atoms with van der Waals surface area (Å²) in [7, 11) is 0. The van der Waals surface area contributed by atoms with E-state index in [0.717, 1.165) is 55.4 Å². The summed E-state index contributed by atoms with van der Waals surface area (Å²) < 4.78 is 0. The van der Waals surface area contributed by atoms with Crippen LogP contribution in [-0.4, -0.2) is 15.0 Å². The van der Waals surface area contributed by atoms with Crippen LogP contribution in [0.15, 0.2) is 128 Å². The highest BCUT2D eigenvalue weighted by Gasteiger charge is 2.13.